The highest BCUT2D eigenvalue weighted by Gasteiger charge is 2.39. The first kappa shape index (κ1) is 15.0. The molecule has 2 aliphatic heterocycles. The fraction of sp³-hybridized carbons (Fsp3) is 0.389. The van der Waals surface area contributed by atoms with Gasteiger partial charge in [-0.15, -0.1) is 0 Å². The van der Waals surface area contributed by atoms with E-state index >= 15 is 0 Å². The number of carbonyl (C=O) groups excluding carboxylic acids is 1. The molecule has 2 aliphatic rings. The number of carbonyl (C=O) groups is 1. The second-order valence-electron chi connectivity index (χ2n) is 6.53. The summed E-state index contributed by atoms with van der Waals surface area (Å²) in [6.45, 7) is 0. The van der Waals surface area contributed by atoms with Gasteiger partial charge in [0.2, 0.25) is 0 Å². The number of hydrogen-bond donors (Lipinski definition) is 2. The Morgan fingerprint density at radius 3 is 2.65 bits per heavy atom. The minimum Gasteiger partial charge on any atom is -0.346 e. The standard InChI is InChI=1S/C18H20BrN3O/c1-22-16(11-2-4-12(19)5-3-11)8-9-17(22)18(23)21-15-10-13-6-7-14(15)20-13/h2-5,8-9,13-15,20H,6-7,10H2,1H3,(H,21,23)/t13-,14+,15-/m1/s1. The average Bonchev–Trinajstić information content (AvgIpc) is 3.23. The fourth-order valence-corrected chi connectivity index (χ4v) is 4.14. The third-order valence-corrected chi connectivity index (χ3v) is 5.64. The number of halogens is 1. The van der Waals surface area contributed by atoms with Gasteiger partial charge in [-0.05, 0) is 49.1 Å². The molecule has 4 rings (SSSR count). The maximum Gasteiger partial charge on any atom is 0.268 e. The molecule has 1 aromatic carbocycles. The number of hydrogen-bond acceptors (Lipinski definition) is 2. The van der Waals surface area contributed by atoms with Gasteiger partial charge in [0.15, 0.2) is 0 Å². The molecule has 4 nitrogen and oxygen atoms in total. The van der Waals surface area contributed by atoms with Crippen LogP contribution in [-0.2, 0) is 7.05 Å². The summed E-state index contributed by atoms with van der Waals surface area (Å²) in [5.41, 5.74) is 2.87. The van der Waals surface area contributed by atoms with Crippen molar-refractivity contribution in [1.82, 2.24) is 15.2 Å². The lowest BCUT2D eigenvalue weighted by atomic mass is 9.95. The number of nitrogens with zero attached hydrogens (tertiary/aromatic N) is 1. The number of rotatable bonds is 3. The normalized spacial score (nSPS) is 25.7. The number of nitrogens with one attached hydrogen (secondary N) is 2. The van der Waals surface area contributed by atoms with E-state index < -0.39 is 0 Å². The summed E-state index contributed by atoms with van der Waals surface area (Å²) in [7, 11) is 1.95. The van der Waals surface area contributed by atoms with Crippen molar-refractivity contribution in [1.29, 1.82) is 0 Å². The summed E-state index contributed by atoms with van der Waals surface area (Å²) in [6.07, 6.45) is 3.47. The molecule has 0 spiro atoms. The van der Waals surface area contributed by atoms with Crippen molar-refractivity contribution >= 4 is 21.8 Å². The van der Waals surface area contributed by atoms with Crippen molar-refractivity contribution in [3.8, 4) is 11.3 Å². The van der Waals surface area contributed by atoms with E-state index in [4.69, 9.17) is 0 Å². The summed E-state index contributed by atoms with van der Waals surface area (Å²) < 4.78 is 3.02. The Morgan fingerprint density at radius 2 is 2.00 bits per heavy atom. The topological polar surface area (TPSA) is 46.1 Å². The van der Waals surface area contributed by atoms with Crippen LogP contribution in [0.4, 0.5) is 0 Å². The van der Waals surface area contributed by atoms with Crippen LogP contribution in [0, 0.1) is 0 Å². The minimum absolute atomic E-state index is 0.0233. The van der Waals surface area contributed by atoms with Crippen LogP contribution < -0.4 is 10.6 Å². The van der Waals surface area contributed by atoms with Gasteiger partial charge in [0.25, 0.3) is 5.91 Å². The van der Waals surface area contributed by atoms with Crippen molar-refractivity contribution in [3.05, 3.63) is 46.6 Å². The summed E-state index contributed by atoms with van der Waals surface area (Å²) >= 11 is 3.45. The zero-order valence-corrected chi connectivity index (χ0v) is 14.6. The first-order valence-corrected chi connectivity index (χ1v) is 8.89. The van der Waals surface area contributed by atoms with E-state index in [-0.39, 0.29) is 11.9 Å². The molecule has 2 aromatic rings. The lowest BCUT2D eigenvalue weighted by Gasteiger charge is -2.21. The van der Waals surface area contributed by atoms with E-state index in [0.29, 0.717) is 17.8 Å². The van der Waals surface area contributed by atoms with Crippen molar-refractivity contribution in [2.75, 3.05) is 0 Å². The third kappa shape index (κ3) is 2.72. The molecule has 120 valence electrons. The Morgan fingerprint density at radius 1 is 1.22 bits per heavy atom. The second-order valence-corrected chi connectivity index (χ2v) is 7.45. The van der Waals surface area contributed by atoms with Gasteiger partial charge in [-0.3, -0.25) is 4.79 Å². The van der Waals surface area contributed by atoms with Crippen LogP contribution in [0.25, 0.3) is 11.3 Å². The zero-order valence-electron chi connectivity index (χ0n) is 13.1. The molecule has 0 unspecified atom stereocenters. The van der Waals surface area contributed by atoms with E-state index in [1.165, 1.54) is 12.8 Å². The predicted octanol–water partition coefficient (Wildman–Crippen LogP) is 3.08. The van der Waals surface area contributed by atoms with Crippen LogP contribution >= 0.6 is 15.9 Å². The predicted molar refractivity (Wildman–Crippen MR) is 94.4 cm³/mol. The molecule has 3 heterocycles. The van der Waals surface area contributed by atoms with E-state index in [0.717, 1.165) is 22.2 Å². The lowest BCUT2D eigenvalue weighted by Crippen LogP contribution is -2.43. The Bertz CT molecular complexity index is 737. The van der Waals surface area contributed by atoms with Gasteiger partial charge in [0, 0.05) is 35.3 Å². The van der Waals surface area contributed by atoms with Crippen molar-refractivity contribution in [2.45, 2.75) is 37.4 Å². The fourth-order valence-electron chi connectivity index (χ4n) is 3.88. The monoisotopic (exact) mass is 373 g/mol. The molecule has 2 fully saturated rings. The maximum absolute atomic E-state index is 12.6. The van der Waals surface area contributed by atoms with Crippen LogP contribution in [0.3, 0.4) is 0 Å². The highest BCUT2D eigenvalue weighted by molar-refractivity contribution is 9.10. The van der Waals surface area contributed by atoms with E-state index in [1.54, 1.807) is 0 Å². The summed E-state index contributed by atoms with van der Waals surface area (Å²) in [6, 6.07) is 13.4. The number of benzene rings is 1. The molecular formula is C18H20BrN3O. The average molecular weight is 374 g/mol. The Labute approximate surface area is 144 Å². The SMILES string of the molecule is Cn1c(C(=O)N[C@@H]2C[C@H]3CC[C@@H]2N3)ccc1-c1ccc(Br)cc1. The Hall–Kier alpha value is -1.59. The van der Waals surface area contributed by atoms with Crippen molar-refractivity contribution in [3.63, 3.8) is 0 Å². The third-order valence-electron chi connectivity index (χ3n) is 5.11. The van der Waals surface area contributed by atoms with Gasteiger partial charge in [0.1, 0.15) is 5.69 Å². The zero-order chi connectivity index (χ0) is 16.0. The molecule has 2 bridgehead atoms. The first-order valence-electron chi connectivity index (χ1n) is 8.10. The smallest absolute Gasteiger partial charge is 0.268 e. The van der Waals surface area contributed by atoms with Gasteiger partial charge < -0.3 is 15.2 Å². The van der Waals surface area contributed by atoms with E-state index in [2.05, 4.69) is 38.7 Å². The second kappa shape index (κ2) is 5.80. The quantitative estimate of drug-likeness (QED) is 0.868. The van der Waals surface area contributed by atoms with Crippen LogP contribution in [0.5, 0.6) is 0 Å². The molecule has 0 radical (unpaired) electrons. The van der Waals surface area contributed by atoms with Gasteiger partial charge in [-0.25, -0.2) is 0 Å². The van der Waals surface area contributed by atoms with Gasteiger partial charge in [-0.1, -0.05) is 28.1 Å². The Kier molecular flexibility index (Phi) is 3.77. The molecule has 23 heavy (non-hydrogen) atoms. The Balaban J connectivity index is 1.53. The van der Waals surface area contributed by atoms with Gasteiger partial charge in [0.05, 0.1) is 0 Å². The molecule has 3 atom stereocenters. The van der Waals surface area contributed by atoms with E-state index in [9.17, 15) is 4.79 Å². The maximum atomic E-state index is 12.6. The molecule has 5 heteroatoms. The summed E-state index contributed by atoms with van der Waals surface area (Å²) in [5.74, 6) is 0.0233. The number of fused-ring (bicyclic) bond motifs is 2. The molecule has 0 aliphatic carbocycles. The number of aromatic nitrogens is 1. The molecule has 2 saturated heterocycles. The van der Waals surface area contributed by atoms with Crippen molar-refractivity contribution in [2.24, 2.45) is 7.05 Å². The molecule has 0 saturated carbocycles. The molecular weight excluding hydrogens is 354 g/mol. The van der Waals surface area contributed by atoms with Gasteiger partial charge in [-0.2, -0.15) is 0 Å². The van der Waals surface area contributed by atoms with Gasteiger partial charge >= 0.3 is 0 Å². The molecule has 1 aromatic heterocycles. The largest absolute Gasteiger partial charge is 0.346 e. The highest BCUT2D eigenvalue weighted by atomic mass is 79.9. The van der Waals surface area contributed by atoms with Crippen LogP contribution in [-0.4, -0.2) is 28.6 Å². The number of amides is 1. The minimum atomic E-state index is 0.0233. The van der Waals surface area contributed by atoms with Crippen LogP contribution in [0.15, 0.2) is 40.9 Å². The summed E-state index contributed by atoms with van der Waals surface area (Å²) in [4.78, 5) is 12.6. The van der Waals surface area contributed by atoms with Crippen LogP contribution in [0.2, 0.25) is 0 Å². The molecule has 2 N–H and O–H groups in total. The summed E-state index contributed by atoms with van der Waals surface area (Å²) in [5, 5.41) is 6.77. The highest BCUT2D eigenvalue weighted by Crippen LogP contribution is 2.29. The molecule has 1 amide bonds. The first-order chi connectivity index (χ1) is 11.1. The van der Waals surface area contributed by atoms with Crippen molar-refractivity contribution < 1.29 is 4.79 Å². The van der Waals surface area contributed by atoms with E-state index in [1.807, 2.05) is 35.9 Å². The lowest BCUT2D eigenvalue weighted by molar-refractivity contribution is 0.0923. The van der Waals surface area contributed by atoms with Crippen LogP contribution in [0.1, 0.15) is 29.8 Å².